The largest absolute Gasteiger partial charge is 0.492 e. The summed E-state index contributed by atoms with van der Waals surface area (Å²) < 4.78 is 5.23. The highest BCUT2D eigenvalue weighted by Crippen LogP contribution is 2.28. The van der Waals surface area contributed by atoms with Gasteiger partial charge < -0.3 is 20.1 Å². The number of nitrogens with one attached hydrogen (secondary N) is 1. The molecule has 1 saturated heterocycles. The minimum atomic E-state index is -0.917. The van der Waals surface area contributed by atoms with Crippen molar-refractivity contribution in [2.45, 2.75) is 31.8 Å². The molecular weight excluding hydrogens is 272 g/mol. The Labute approximate surface area is 123 Å². The molecular formula is C14H18N4O3. The van der Waals surface area contributed by atoms with Gasteiger partial charge in [0.05, 0.1) is 12.7 Å². The molecule has 7 heteroatoms. The van der Waals surface area contributed by atoms with E-state index in [9.17, 15) is 9.90 Å². The predicted molar refractivity (Wildman–Crippen MR) is 76.3 cm³/mol. The molecule has 112 valence electrons. The predicted octanol–water partition coefficient (Wildman–Crippen LogP) is 1.90. The second-order valence-corrected chi connectivity index (χ2v) is 5.05. The first-order valence-electron chi connectivity index (χ1n) is 6.76. The van der Waals surface area contributed by atoms with Crippen LogP contribution in [0.4, 0.5) is 10.6 Å². The van der Waals surface area contributed by atoms with Gasteiger partial charge in [-0.3, -0.25) is 0 Å². The molecule has 0 radical (unpaired) electrons. The van der Waals surface area contributed by atoms with Crippen molar-refractivity contribution in [2.24, 2.45) is 0 Å². The van der Waals surface area contributed by atoms with E-state index in [1.54, 1.807) is 6.07 Å². The number of aromatic nitrogens is 1. The zero-order valence-electron chi connectivity index (χ0n) is 12.0. The molecule has 0 aromatic carbocycles. The molecule has 2 unspecified atom stereocenters. The van der Waals surface area contributed by atoms with Gasteiger partial charge in [-0.05, 0) is 25.8 Å². The maximum Gasteiger partial charge on any atom is 0.407 e. The molecule has 0 spiro atoms. The van der Waals surface area contributed by atoms with Crippen molar-refractivity contribution >= 4 is 11.9 Å². The molecule has 1 aliphatic rings. The number of carbonyl (C=O) groups is 1. The Morgan fingerprint density at radius 1 is 1.62 bits per heavy atom. The molecule has 1 aromatic heterocycles. The number of hydrogen-bond acceptors (Lipinski definition) is 5. The number of ether oxygens (including phenoxy) is 1. The third kappa shape index (κ3) is 3.16. The summed E-state index contributed by atoms with van der Waals surface area (Å²) >= 11 is 0. The average molecular weight is 290 g/mol. The van der Waals surface area contributed by atoms with Gasteiger partial charge >= 0.3 is 6.09 Å². The van der Waals surface area contributed by atoms with Crippen LogP contribution in [0.25, 0.3) is 0 Å². The summed E-state index contributed by atoms with van der Waals surface area (Å²) in [6.45, 7) is 2.29. The molecule has 1 fully saturated rings. The zero-order valence-corrected chi connectivity index (χ0v) is 12.0. The summed E-state index contributed by atoms with van der Waals surface area (Å²) in [5, 5.41) is 21.4. The average Bonchev–Trinajstić information content (AvgIpc) is 2.48. The van der Waals surface area contributed by atoms with Crippen LogP contribution in [-0.2, 0) is 0 Å². The van der Waals surface area contributed by atoms with E-state index in [-0.39, 0.29) is 12.1 Å². The van der Waals surface area contributed by atoms with E-state index in [2.05, 4.69) is 10.3 Å². The first kappa shape index (κ1) is 14.9. The minimum absolute atomic E-state index is 0.0147. The van der Waals surface area contributed by atoms with Crippen LogP contribution in [0.1, 0.15) is 25.3 Å². The van der Waals surface area contributed by atoms with Gasteiger partial charge in [0, 0.05) is 24.8 Å². The van der Waals surface area contributed by atoms with Crippen LogP contribution in [0, 0.1) is 11.3 Å². The van der Waals surface area contributed by atoms with Crippen molar-refractivity contribution in [3.05, 3.63) is 17.8 Å². The molecule has 2 heterocycles. The monoisotopic (exact) mass is 290 g/mol. The molecule has 21 heavy (non-hydrogen) atoms. The summed E-state index contributed by atoms with van der Waals surface area (Å²) in [4.78, 5) is 16.8. The third-order valence-corrected chi connectivity index (χ3v) is 3.70. The highest BCUT2D eigenvalue weighted by atomic mass is 16.5. The standard InChI is InChI=1S/C14H18N4O3/c1-9-3-4-11(8-18(9)14(19)20)17-13-12(21-2)10(7-15)5-6-16-13/h5-6,9,11H,3-4,8H2,1-2H3,(H,16,17)(H,19,20). The van der Waals surface area contributed by atoms with Gasteiger partial charge in [0.1, 0.15) is 6.07 Å². The highest BCUT2D eigenvalue weighted by molar-refractivity contribution is 5.66. The number of rotatable bonds is 3. The fourth-order valence-electron chi connectivity index (χ4n) is 2.53. The number of carboxylic acid groups (broad SMARTS) is 1. The first-order chi connectivity index (χ1) is 10.1. The molecule has 2 N–H and O–H groups in total. The Morgan fingerprint density at radius 3 is 3.00 bits per heavy atom. The van der Waals surface area contributed by atoms with Gasteiger partial charge in [-0.15, -0.1) is 0 Å². The number of methoxy groups -OCH3 is 1. The summed E-state index contributed by atoms with van der Waals surface area (Å²) in [5.41, 5.74) is 0.397. The maximum absolute atomic E-state index is 11.2. The summed E-state index contributed by atoms with van der Waals surface area (Å²) in [6, 6.07) is 3.59. The van der Waals surface area contributed by atoms with Gasteiger partial charge in [0.25, 0.3) is 0 Å². The molecule has 1 aromatic rings. The lowest BCUT2D eigenvalue weighted by atomic mass is 10.00. The Bertz CT molecular complexity index is 570. The van der Waals surface area contributed by atoms with Crippen LogP contribution in [0.5, 0.6) is 5.75 Å². The molecule has 1 aliphatic heterocycles. The fourth-order valence-corrected chi connectivity index (χ4v) is 2.53. The van der Waals surface area contributed by atoms with Crippen LogP contribution < -0.4 is 10.1 Å². The number of piperidine rings is 1. The lowest BCUT2D eigenvalue weighted by Crippen LogP contribution is -2.49. The van der Waals surface area contributed by atoms with Gasteiger partial charge in [0.2, 0.25) is 0 Å². The molecule has 2 rings (SSSR count). The Hall–Kier alpha value is -2.49. The summed E-state index contributed by atoms with van der Waals surface area (Å²) in [7, 11) is 1.48. The Morgan fingerprint density at radius 2 is 2.38 bits per heavy atom. The summed E-state index contributed by atoms with van der Waals surface area (Å²) in [5.74, 6) is 0.863. The molecule has 2 atom stereocenters. The first-order valence-corrected chi connectivity index (χ1v) is 6.76. The molecule has 7 nitrogen and oxygen atoms in total. The van der Waals surface area contributed by atoms with E-state index in [1.165, 1.54) is 18.2 Å². The molecule has 0 saturated carbocycles. The number of likely N-dealkylation sites (tertiary alicyclic amines) is 1. The molecule has 0 aliphatic carbocycles. The number of anilines is 1. The van der Waals surface area contributed by atoms with Crippen molar-refractivity contribution < 1.29 is 14.6 Å². The zero-order chi connectivity index (χ0) is 15.4. The quantitative estimate of drug-likeness (QED) is 0.882. The SMILES string of the molecule is COc1c(C#N)ccnc1NC1CCC(C)N(C(=O)O)C1. The van der Waals surface area contributed by atoms with Crippen molar-refractivity contribution in [1.82, 2.24) is 9.88 Å². The maximum atomic E-state index is 11.2. The molecule has 0 bridgehead atoms. The van der Waals surface area contributed by atoms with E-state index in [1.807, 2.05) is 13.0 Å². The van der Waals surface area contributed by atoms with E-state index in [4.69, 9.17) is 10.00 Å². The number of hydrogen-bond donors (Lipinski definition) is 2. The van der Waals surface area contributed by atoms with E-state index in [0.29, 0.717) is 23.7 Å². The van der Waals surface area contributed by atoms with Crippen LogP contribution in [0.15, 0.2) is 12.3 Å². The lowest BCUT2D eigenvalue weighted by molar-refractivity contribution is 0.108. The Balaban J connectivity index is 2.16. The second-order valence-electron chi connectivity index (χ2n) is 5.05. The minimum Gasteiger partial charge on any atom is -0.492 e. The van der Waals surface area contributed by atoms with E-state index in [0.717, 1.165) is 12.8 Å². The van der Waals surface area contributed by atoms with Gasteiger partial charge in [-0.2, -0.15) is 5.26 Å². The molecule has 1 amide bonds. The fraction of sp³-hybridized carbons (Fsp3) is 0.500. The number of nitriles is 1. The third-order valence-electron chi connectivity index (χ3n) is 3.70. The number of amides is 1. The van der Waals surface area contributed by atoms with Crippen LogP contribution in [-0.4, -0.2) is 46.8 Å². The van der Waals surface area contributed by atoms with Crippen LogP contribution in [0.2, 0.25) is 0 Å². The normalized spacial score (nSPS) is 21.5. The van der Waals surface area contributed by atoms with Crippen molar-refractivity contribution in [3.8, 4) is 11.8 Å². The van der Waals surface area contributed by atoms with E-state index >= 15 is 0 Å². The highest BCUT2D eigenvalue weighted by Gasteiger charge is 2.29. The lowest BCUT2D eigenvalue weighted by Gasteiger charge is -2.36. The Kier molecular flexibility index (Phi) is 4.48. The van der Waals surface area contributed by atoms with Crippen molar-refractivity contribution in [2.75, 3.05) is 19.0 Å². The van der Waals surface area contributed by atoms with E-state index < -0.39 is 6.09 Å². The second kappa shape index (κ2) is 6.31. The van der Waals surface area contributed by atoms with Crippen molar-refractivity contribution in [1.29, 1.82) is 5.26 Å². The van der Waals surface area contributed by atoms with Gasteiger partial charge in [-0.1, -0.05) is 0 Å². The van der Waals surface area contributed by atoms with Crippen LogP contribution in [0.3, 0.4) is 0 Å². The van der Waals surface area contributed by atoms with Crippen LogP contribution >= 0.6 is 0 Å². The smallest absolute Gasteiger partial charge is 0.407 e. The number of pyridine rings is 1. The summed E-state index contributed by atoms with van der Waals surface area (Å²) in [6.07, 6.45) is 2.24. The van der Waals surface area contributed by atoms with Gasteiger partial charge in [-0.25, -0.2) is 9.78 Å². The number of nitrogens with zero attached hydrogens (tertiary/aromatic N) is 3. The van der Waals surface area contributed by atoms with Crippen molar-refractivity contribution in [3.63, 3.8) is 0 Å². The topological polar surface area (TPSA) is 98.5 Å². The van der Waals surface area contributed by atoms with Gasteiger partial charge in [0.15, 0.2) is 11.6 Å².